The molecule has 0 amide bonds. The fourth-order valence-electron chi connectivity index (χ4n) is 0.747. The van der Waals surface area contributed by atoms with E-state index in [1.54, 1.807) is 4.68 Å². The largest absolute Gasteiger partial charge is 0.375 e. The van der Waals surface area contributed by atoms with Crippen LogP contribution in [0.3, 0.4) is 0 Å². The Morgan fingerprint density at radius 2 is 2.50 bits per heavy atom. The Bertz CT molecular complexity index is 195. The third-order valence-electron chi connectivity index (χ3n) is 1.22. The molecular weight excluding hydrogens is 128 g/mol. The monoisotopic (exact) mass is 140 g/mol. The van der Waals surface area contributed by atoms with E-state index in [0.717, 1.165) is 12.3 Å². The average molecular weight is 140 g/mol. The number of nitrogens with zero attached hydrogens (tertiary/aromatic N) is 2. The van der Waals surface area contributed by atoms with Crippen LogP contribution in [0.15, 0.2) is 12.3 Å². The lowest BCUT2D eigenvalue weighted by molar-refractivity contribution is 0.131. The van der Waals surface area contributed by atoms with Gasteiger partial charge in [-0.05, 0) is 13.0 Å². The summed E-state index contributed by atoms with van der Waals surface area (Å²) < 4.78 is 6.93. The zero-order chi connectivity index (χ0) is 7.40. The van der Waals surface area contributed by atoms with Crippen molar-refractivity contribution in [2.75, 3.05) is 6.61 Å². The molecule has 1 aromatic rings. The molecular formula is C7H12N2O. The molecule has 0 aliphatic carbocycles. The maximum absolute atomic E-state index is 5.16. The predicted octanol–water partition coefficient (Wildman–Crippen LogP) is 0.957. The van der Waals surface area contributed by atoms with Gasteiger partial charge in [0.05, 0.1) is 12.3 Å². The molecule has 0 saturated carbocycles. The molecule has 3 heteroatoms. The van der Waals surface area contributed by atoms with Crippen LogP contribution < -0.4 is 0 Å². The quantitative estimate of drug-likeness (QED) is 0.625. The lowest BCUT2D eigenvalue weighted by Gasteiger charge is -1.94. The molecule has 0 aliphatic rings. The van der Waals surface area contributed by atoms with E-state index < -0.39 is 0 Å². The number of rotatable bonds is 3. The SMILES string of the molecule is CCOCc1ccn(C)n1. The van der Waals surface area contributed by atoms with E-state index in [1.807, 2.05) is 26.2 Å². The van der Waals surface area contributed by atoms with Gasteiger partial charge < -0.3 is 4.74 Å². The summed E-state index contributed by atoms with van der Waals surface area (Å²) in [7, 11) is 1.90. The van der Waals surface area contributed by atoms with Gasteiger partial charge in [-0.3, -0.25) is 4.68 Å². The van der Waals surface area contributed by atoms with Crippen molar-refractivity contribution in [1.82, 2.24) is 9.78 Å². The van der Waals surface area contributed by atoms with Crippen molar-refractivity contribution >= 4 is 0 Å². The number of aryl methyl sites for hydroxylation is 1. The van der Waals surface area contributed by atoms with Gasteiger partial charge in [-0.1, -0.05) is 0 Å². The van der Waals surface area contributed by atoms with Crippen LogP contribution in [0, 0.1) is 0 Å². The predicted molar refractivity (Wildman–Crippen MR) is 38.5 cm³/mol. The van der Waals surface area contributed by atoms with E-state index in [1.165, 1.54) is 0 Å². The van der Waals surface area contributed by atoms with Crippen molar-refractivity contribution in [2.24, 2.45) is 7.05 Å². The van der Waals surface area contributed by atoms with E-state index in [4.69, 9.17) is 4.74 Å². The highest BCUT2D eigenvalue weighted by Gasteiger charge is 1.93. The van der Waals surface area contributed by atoms with Gasteiger partial charge in [-0.15, -0.1) is 0 Å². The highest BCUT2D eigenvalue weighted by Crippen LogP contribution is 1.95. The van der Waals surface area contributed by atoms with Crippen molar-refractivity contribution in [3.63, 3.8) is 0 Å². The van der Waals surface area contributed by atoms with Crippen LogP contribution in [-0.2, 0) is 18.4 Å². The molecule has 3 nitrogen and oxygen atoms in total. The summed E-state index contributed by atoms with van der Waals surface area (Å²) in [5, 5.41) is 4.14. The fraction of sp³-hybridized carbons (Fsp3) is 0.571. The van der Waals surface area contributed by atoms with Crippen molar-refractivity contribution in [1.29, 1.82) is 0 Å². The summed E-state index contributed by atoms with van der Waals surface area (Å²) in [6, 6.07) is 1.95. The Balaban J connectivity index is 2.42. The van der Waals surface area contributed by atoms with E-state index in [2.05, 4.69) is 5.10 Å². The van der Waals surface area contributed by atoms with Gasteiger partial charge in [0.2, 0.25) is 0 Å². The normalized spacial score (nSPS) is 10.2. The summed E-state index contributed by atoms with van der Waals surface area (Å²) in [6.07, 6.45) is 1.91. The van der Waals surface area contributed by atoms with Gasteiger partial charge in [0.15, 0.2) is 0 Å². The topological polar surface area (TPSA) is 27.1 Å². The lowest BCUT2D eigenvalue weighted by Crippen LogP contribution is -1.94. The molecule has 1 heterocycles. The van der Waals surface area contributed by atoms with E-state index in [0.29, 0.717) is 6.61 Å². The van der Waals surface area contributed by atoms with Crippen LogP contribution in [0.2, 0.25) is 0 Å². The van der Waals surface area contributed by atoms with Gasteiger partial charge >= 0.3 is 0 Å². The first-order chi connectivity index (χ1) is 4.83. The zero-order valence-electron chi connectivity index (χ0n) is 6.37. The standard InChI is InChI=1S/C7H12N2O/c1-3-10-6-7-4-5-9(2)8-7/h4-5H,3,6H2,1-2H3. The number of ether oxygens (including phenoxy) is 1. The molecule has 0 aliphatic heterocycles. The maximum Gasteiger partial charge on any atom is 0.0906 e. The summed E-state index contributed by atoms with van der Waals surface area (Å²) in [5.41, 5.74) is 0.990. The van der Waals surface area contributed by atoms with Gasteiger partial charge in [0.1, 0.15) is 0 Å². The summed E-state index contributed by atoms with van der Waals surface area (Å²) in [4.78, 5) is 0. The highest BCUT2D eigenvalue weighted by molar-refractivity contribution is 4.96. The van der Waals surface area contributed by atoms with Crippen LogP contribution in [0.4, 0.5) is 0 Å². The van der Waals surface area contributed by atoms with Crippen LogP contribution in [0.5, 0.6) is 0 Å². The number of aromatic nitrogens is 2. The minimum atomic E-state index is 0.622. The van der Waals surface area contributed by atoms with Gasteiger partial charge in [-0.25, -0.2) is 0 Å². The van der Waals surface area contributed by atoms with Crippen molar-refractivity contribution in [3.05, 3.63) is 18.0 Å². The van der Waals surface area contributed by atoms with E-state index in [9.17, 15) is 0 Å². The Hall–Kier alpha value is -0.830. The van der Waals surface area contributed by atoms with Crippen LogP contribution >= 0.6 is 0 Å². The van der Waals surface area contributed by atoms with E-state index in [-0.39, 0.29) is 0 Å². The second kappa shape index (κ2) is 3.37. The molecule has 10 heavy (non-hydrogen) atoms. The smallest absolute Gasteiger partial charge is 0.0906 e. The maximum atomic E-state index is 5.16. The first-order valence-corrected chi connectivity index (χ1v) is 3.39. The molecule has 56 valence electrons. The highest BCUT2D eigenvalue weighted by atomic mass is 16.5. The molecule has 1 rings (SSSR count). The molecule has 0 radical (unpaired) electrons. The molecule has 0 aromatic carbocycles. The summed E-state index contributed by atoms with van der Waals surface area (Å²) >= 11 is 0. The van der Waals surface area contributed by atoms with Gasteiger partial charge in [-0.2, -0.15) is 5.10 Å². The molecule has 0 N–H and O–H groups in total. The molecule has 0 fully saturated rings. The Morgan fingerprint density at radius 1 is 1.70 bits per heavy atom. The van der Waals surface area contributed by atoms with Gasteiger partial charge in [0.25, 0.3) is 0 Å². The molecule has 0 unspecified atom stereocenters. The summed E-state index contributed by atoms with van der Waals surface area (Å²) in [6.45, 7) is 3.34. The zero-order valence-corrected chi connectivity index (χ0v) is 6.37. The second-order valence-electron chi connectivity index (χ2n) is 2.12. The van der Waals surface area contributed by atoms with Crippen LogP contribution in [0.1, 0.15) is 12.6 Å². The molecule has 0 saturated heterocycles. The molecule has 0 atom stereocenters. The second-order valence-corrected chi connectivity index (χ2v) is 2.12. The molecule has 0 bridgehead atoms. The first-order valence-electron chi connectivity index (χ1n) is 3.39. The third-order valence-corrected chi connectivity index (χ3v) is 1.22. The Labute approximate surface area is 60.6 Å². The number of hydrogen-bond donors (Lipinski definition) is 0. The Morgan fingerprint density at radius 3 is 3.00 bits per heavy atom. The van der Waals surface area contributed by atoms with Crippen LogP contribution in [0.25, 0.3) is 0 Å². The molecule has 0 spiro atoms. The average Bonchev–Trinajstić information content (AvgIpc) is 2.31. The van der Waals surface area contributed by atoms with Crippen molar-refractivity contribution in [2.45, 2.75) is 13.5 Å². The first kappa shape index (κ1) is 7.28. The third kappa shape index (κ3) is 1.84. The van der Waals surface area contributed by atoms with Gasteiger partial charge in [0, 0.05) is 19.9 Å². The molecule has 1 aromatic heterocycles. The van der Waals surface area contributed by atoms with Crippen LogP contribution in [-0.4, -0.2) is 16.4 Å². The minimum Gasteiger partial charge on any atom is -0.375 e. The van der Waals surface area contributed by atoms with Crippen molar-refractivity contribution < 1.29 is 4.74 Å². The lowest BCUT2D eigenvalue weighted by atomic mass is 10.5. The van der Waals surface area contributed by atoms with E-state index >= 15 is 0 Å². The van der Waals surface area contributed by atoms with Crippen molar-refractivity contribution in [3.8, 4) is 0 Å². The Kier molecular flexibility index (Phi) is 2.45. The number of hydrogen-bond acceptors (Lipinski definition) is 2. The minimum absolute atomic E-state index is 0.622. The summed E-state index contributed by atoms with van der Waals surface area (Å²) in [5.74, 6) is 0. The fourth-order valence-corrected chi connectivity index (χ4v) is 0.747.